The fraction of sp³-hybridized carbons (Fsp3) is 0.450. The van der Waals surface area contributed by atoms with Gasteiger partial charge in [0.25, 0.3) is 0 Å². The molecule has 0 spiro atoms. The monoisotopic (exact) mass is 776 g/mol. The molecule has 0 aromatic carbocycles. The smallest absolute Gasteiger partial charge is 0.661 e. The number of rotatable bonds is 13. The Morgan fingerprint density at radius 1 is 0.623 bits per heavy atom. The molecule has 0 aliphatic carbocycles. The third-order valence-corrected chi connectivity index (χ3v) is 9.80. The third kappa shape index (κ3) is 9.12. The Hall–Kier alpha value is -4.64. The molecule has 2 atom stereocenters. The minimum absolute atomic E-state index is 0. The van der Waals surface area contributed by atoms with Crippen LogP contribution in [0, 0.1) is 27.7 Å². The zero-order valence-electron chi connectivity index (χ0n) is 32.9. The number of hydrogen-bond donors (Lipinski definition) is 0. The Bertz CT molecular complexity index is 1860. The minimum atomic E-state index is -1.93. The molecule has 4 heterocycles. The van der Waals surface area contributed by atoms with E-state index < -0.39 is 36.1 Å². The van der Waals surface area contributed by atoms with E-state index in [-0.39, 0.29) is 32.3 Å². The normalized spacial score (nSPS) is 16.8. The molecule has 0 bridgehead atoms. The van der Waals surface area contributed by atoms with Gasteiger partial charge in [-0.1, -0.05) is 62.1 Å². The van der Waals surface area contributed by atoms with Gasteiger partial charge < -0.3 is 28.9 Å². The van der Waals surface area contributed by atoms with Crippen molar-refractivity contribution < 1.29 is 57.6 Å². The van der Waals surface area contributed by atoms with Crippen LogP contribution in [0.5, 0.6) is 0 Å². The van der Waals surface area contributed by atoms with Gasteiger partial charge in [-0.3, -0.25) is 19.6 Å². The number of ether oxygens (including phenoxy) is 4. The number of carbonyl (C=O) groups is 4. The van der Waals surface area contributed by atoms with Gasteiger partial charge >= 0.3 is 43.4 Å². The molecular weight excluding hydrogens is 730 g/mol. The molecule has 2 aliphatic rings. The summed E-state index contributed by atoms with van der Waals surface area (Å²) in [6, 6.07) is 0. The first-order valence-corrected chi connectivity index (χ1v) is 17.3. The number of esters is 4. The number of carbonyl (C=O) groups excluding carboxylic acids is 4. The Balaban J connectivity index is 0.00000756. The summed E-state index contributed by atoms with van der Waals surface area (Å²) in [5.74, 6) is -3.92. The number of nitrogens with zero attached hydrogens (tertiary/aromatic N) is 4. The Labute approximate surface area is 324 Å². The summed E-state index contributed by atoms with van der Waals surface area (Å²) in [4.78, 5) is 71.3. The zero-order chi connectivity index (χ0) is 38.6. The second-order valence-corrected chi connectivity index (χ2v) is 13.0. The zero-order valence-corrected chi connectivity index (χ0v) is 35.9. The van der Waals surface area contributed by atoms with E-state index >= 15 is 0 Å². The van der Waals surface area contributed by atoms with Gasteiger partial charge in [0, 0.05) is 11.4 Å². The van der Waals surface area contributed by atoms with Crippen LogP contribution >= 0.6 is 0 Å². The van der Waals surface area contributed by atoms with Gasteiger partial charge in [0.05, 0.1) is 38.5 Å². The molecule has 0 N–H and O–H groups in total. The predicted molar refractivity (Wildman–Crippen MR) is 198 cm³/mol. The van der Waals surface area contributed by atoms with Crippen LogP contribution in [0.2, 0.25) is 0 Å². The molecule has 12 nitrogen and oxygen atoms in total. The van der Waals surface area contributed by atoms with Gasteiger partial charge in [-0.15, -0.1) is 11.4 Å². The van der Waals surface area contributed by atoms with Gasteiger partial charge in [-0.25, -0.2) is 9.59 Å². The molecule has 2 aliphatic heterocycles. The average molecular weight is 778 g/mol. The van der Waals surface area contributed by atoms with Crippen LogP contribution in [-0.4, -0.2) is 61.7 Å². The van der Waals surface area contributed by atoms with E-state index in [1.165, 1.54) is 11.1 Å². The molecular formula is C40H48N4O8Zn. The number of methoxy groups -OCH3 is 2. The summed E-state index contributed by atoms with van der Waals surface area (Å²) in [5, 5.41) is 0. The fourth-order valence-corrected chi connectivity index (χ4v) is 6.77. The minimum Gasteiger partial charge on any atom is -0.661 e. The Morgan fingerprint density at radius 2 is 0.962 bits per heavy atom. The van der Waals surface area contributed by atoms with Crippen molar-refractivity contribution in [1.29, 1.82) is 0 Å². The molecule has 0 saturated heterocycles. The van der Waals surface area contributed by atoms with E-state index in [0.29, 0.717) is 33.9 Å². The fourth-order valence-electron chi connectivity index (χ4n) is 6.77. The summed E-state index contributed by atoms with van der Waals surface area (Å²) in [6.45, 7) is 19.4. The van der Waals surface area contributed by atoms with E-state index in [9.17, 15) is 19.2 Å². The first kappa shape index (κ1) is 42.8. The molecule has 2 aromatic rings. The van der Waals surface area contributed by atoms with E-state index in [1.807, 2.05) is 53.7 Å². The summed E-state index contributed by atoms with van der Waals surface area (Å²) in [5.41, 5.74) is 13.3. The first-order valence-electron chi connectivity index (χ1n) is 17.3. The van der Waals surface area contributed by atoms with E-state index in [4.69, 9.17) is 18.9 Å². The summed E-state index contributed by atoms with van der Waals surface area (Å²) >= 11 is 0. The van der Waals surface area contributed by atoms with Gasteiger partial charge in [-0.05, 0) is 76.7 Å². The maximum Gasteiger partial charge on any atom is 2.00 e. The third-order valence-electron chi connectivity index (χ3n) is 9.80. The van der Waals surface area contributed by atoms with Crippen molar-refractivity contribution in [2.24, 2.45) is 9.98 Å². The van der Waals surface area contributed by atoms with Crippen LogP contribution in [0.4, 0.5) is 0 Å². The van der Waals surface area contributed by atoms with Crippen LogP contribution < -0.4 is 9.97 Å². The second kappa shape index (κ2) is 17.9. The van der Waals surface area contributed by atoms with Crippen LogP contribution in [0.25, 0.3) is 12.2 Å². The van der Waals surface area contributed by atoms with E-state index in [2.05, 4.69) is 33.8 Å². The van der Waals surface area contributed by atoms with Crippen LogP contribution in [0.3, 0.4) is 0 Å². The average Bonchev–Trinajstić information content (AvgIpc) is 3.73. The van der Waals surface area contributed by atoms with Gasteiger partial charge in [-0.2, -0.15) is 11.4 Å². The number of hydrogen-bond acceptors (Lipinski definition) is 10. The molecule has 0 radical (unpaired) electrons. The predicted octanol–water partition coefficient (Wildman–Crippen LogP) is 5.87. The van der Waals surface area contributed by atoms with Crippen molar-refractivity contribution in [3.63, 3.8) is 0 Å². The molecule has 53 heavy (non-hydrogen) atoms. The quantitative estimate of drug-likeness (QED) is 0.137. The number of aromatic nitrogens is 2. The van der Waals surface area contributed by atoms with E-state index in [1.54, 1.807) is 13.8 Å². The standard InChI is InChI=1S/C40H48N4O8.Zn/c1-13-27-19(3)31(41-23(27)7)17-33-21(5)29(25(9)43-33)15-35(45)51-37(39(47)49-11)38(40(48)50-12)52-36(46)16-30-22(6)34(44-26(30)10)18-32-20(4)28(14-2)24(8)42-32;/h17-18,37-38H,13-16H2,1-12H3;/q-2;+2/t37-,38+;. The number of allylic oxidation sites excluding steroid dienone is 4. The largest absolute Gasteiger partial charge is 2.00 e. The maximum absolute atomic E-state index is 13.4. The molecule has 0 amide bonds. The van der Waals surface area contributed by atoms with Crippen LogP contribution in [0.15, 0.2) is 43.7 Å². The number of aryl methyl sites for hydroxylation is 2. The molecule has 0 fully saturated rings. The topological polar surface area (TPSA) is 158 Å². The molecule has 0 saturated carbocycles. The molecule has 278 valence electrons. The SMILES string of the molecule is CCC1=C(C)/C(=C/c2[n-]c(C)c(CC(=O)O[C@H](C(=O)OC)[C@@H](OC(=O)Cc3c(C)[n-]c(/C=C4\N=C(C)C(CC)=C4C)c3C)C(=O)OC)c2C)N=C1C.[Zn+2]. The van der Waals surface area contributed by atoms with Crippen molar-refractivity contribution >= 4 is 47.5 Å². The molecule has 4 rings (SSSR count). The Morgan fingerprint density at radius 3 is 1.25 bits per heavy atom. The summed E-state index contributed by atoms with van der Waals surface area (Å²) in [7, 11) is 2.13. The number of aliphatic imine (C=N–C) groups is 2. The van der Waals surface area contributed by atoms with E-state index in [0.717, 1.165) is 72.2 Å². The van der Waals surface area contributed by atoms with Crippen molar-refractivity contribution in [2.45, 2.75) is 107 Å². The van der Waals surface area contributed by atoms with Crippen LogP contribution in [0.1, 0.15) is 99.4 Å². The summed E-state index contributed by atoms with van der Waals surface area (Å²) < 4.78 is 20.7. The van der Waals surface area contributed by atoms with Crippen LogP contribution in [-0.2, 0) is 70.4 Å². The van der Waals surface area contributed by atoms with Gasteiger partial charge in [0.2, 0.25) is 12.2 Å². The molecule has 0 unspecified atom stereocenters. The van der Waals surface area contributed by atoms with Gasteiger partial charge in [0.15, 0.2) is 0 Å². The van der Waals surface area contributed by atoms with Crippen molar-refractivity contribution in [2.75, 3.05) is 14.2 Å². The Kier molecular flexibility index (Phi) is 14.5. The molecule has 13 heteroatoms. The summed E-state index contributed by atoms with van der Waals surface area (Å²) in [6.07, 6.45) is 1.10. The van der Waals surface area contributed by atoms with Crippen molar-refractivity contribution in [3.05, 3.63) is 78.7 Å². The van der Waals surface area contributed by atoms with Crippen molar-refractivity contribution in [1.82, 2.24) is 9.97 Å². The molecule has 2 aromatic heterocycles. The first-order chi connectivity index (χ1) is 24.6. The second-order valence-electron chi connectivity index (χ2n) is 13.0. The van der Waals surface area contributed by atoms with Crippen molar-refractivity contribution in [3.8, 4) is 0 Å². The maximum atomic E-state index is 13.4. The van der Waals surface area contributed by atoms with Gasteiger partial charge in [0.1, 0.15) is 0 Å².